The number of hydrogen-bond donors (Lipinski definition) is 3. The first-order chi connectivity index (χ1) is 19.5. The van der Waals surface area contributed by atoms with Crippen molar-refractivity contribution in [2.45, 2.75) is 76.6 Å². The van der Waals surface area contributed by atoms with Gasteiger partial charge in [0.15, 0.2) is 11.9 Å². The molecular weight excluding hydrogens is 594 g/mol. The van der Waals surface area contributed by atoms with Crippen molar-refractivity contribution in [2.75, 3.05) is 26.7 Å². The molecule has 2 rings (SSSR count). The van der Waals surface area contributed by atoms with Crippen molar-refractivity contribution in [3.8, 4) is 0 Å². The van der Waals surface area contributed by atoms with Gasteiger partial charge in [-0.15, -0.1) is 0 Å². The van der Waals surface area contributed by atoms with Gasteiger partial charge in [-0.3, -0.25) is 9.42 Å². The zero-order valence-corrected chi connectivity index (χ0v) is 24.3. The molecule has 21 heteroatoms. The van der Waals surface area contributed by atoms with Crippen LogP contribution in [0, 0.1) is 0 Å². The predicted molar refractivity (Wildman–Crippen MR) is 135 cm³/mol. The van der Waals surface area contributed by atoms with Crippen LogP contribution in [-0.2, 0) is 41.8 Å². The highest BCUT2D eigenvalue weighted by molar-refractivity contribution is 7.48. The number of phosphoric acid groups is 1. The first-order valence-electron chi connectivity index (χ1n) is 12.3. The van der Waals surface area contributed by atoms with E-state index in [0.717, 1.165) is 18.0 Å². The Balaban J connectivity index is 2.27. The molecular formula is C21H34FN6O13P. The smallest absolute Gasteiger partial charge is 0.432 e. The van der Waals surface area contributed by atoms with E-state index in [2.05, 4.69) is 24.8 Å². The largest absolute Gasteiger partial charge is 0.510 e. The number of nitrogens with zero attached hydrogens (tertiary/aromatic N) is 4. The summed E-state index contributed by atoms with van der Waals surface area (Å²) in [6.45, 7) is 3.07. The van der Waals surface area contributed by atoms with Crippen LogP contribution in [0.5, 0.6) is 0 Å². The molecule has 19 nitrogen and oxygen atoms in total. The first-order valence-corrected chi connectivity index (χ1v) is 13.8. The summed E-state index contributed by atoms with van der Waals surface area (Å²) < 4.78 is 68.9. The van der Waals surface area contributed by atoms with Gasteiger partial charge < -0.3 is 39.8 Å². The molecule has 0 aromatic rings. The summed E-state index contributed by atoms with van der Waals surface area (Å²) in [6.07, 6.45) is -5.95. The SMILES string of the molecule is CC(C)OC(=O)OCOP(=O)(OCOC(=O)OC(C)C)OC[C@@]1(CN=[N+]=[N-])O[C@@H](N2C=CC(N)NC2=O)[C@](C)(F)[C@@H]1O. The van der Waals surface area contributed by atoms with Crippen molar-refractivity contribution >= 4 is 26.2 Å². The van der Waals surface area contributed by atoms with Gasteiger partial charge in [0.05, 0.1) is 31.5 Å². The first kappa shape index (κ1) is 35.0. The highest BCUT2D eigenvalue weighted by Crippen LogP contribution is 2.52. The number of alkyl halides is 1. The molecule has 0 radical (unpaired) electrons. The van der Waals surface area contributed by atoms with Crippen LogP contribution in [0.1, 0.15) is 34.6 Å². The van der Waals surface area contributed by atoms with Gasteiger partial charge in [-0.25, -0.2) is 32.4 Å². The second-order valence-corrected chi connectivity index (χ2v) is 11.2. The minimum absolute atomic E-state index is 0.561. The second kappa shape index (κ2) is 14.8. The number of aliphatic hydroxyl groups is 1. The highest BCUT2D eigenvalue weighted by atomic mass is 31.2. The number of aliphatic hydroxyl groups excluding tert-OH is 1. The third kappa shape index (κ3) is 9.40. The fraction of sp³-hybridized carbons (Fsp3) is 0.762. The standard InChI is InChI=1S/C21H34FN6O13P/c1-12(2)39-18(31)34-10-37-42(33,38-11-35-19(32)40-13(3)4)36-9-21(8-25-27-24)15(29)20(5,22)16(41-21)28-7-6-14(23)26-17(28)30/h6-7,12-16,29H,8-11,23H2,1-5H3,(H,26,30)/t14?,15-,16+,20+,21+/m0/s1. The molecule has 2 amide bonds. The molecule has 1 saturated heterocycles. The van der Waals surface area contributed by atoms with Crippen LogP contribution < -0.4 is 11.1 Å². The maximum Gasteiger partial charge on any atom is 0.510 e. The summed E-state index contributed by atoms with van der Waals surface area (Å²) in [5.74, 6) is 0. The van der Waals surface area contributed by atoms with E-state index in [4.69, 9.17) is 39.0 Å². The van der Waals surface area contributed by atoms with Crippen molar-refractivity contribution in [3.05, 3.63) is 22.7 Å². The zero-order chi connectivity index (χ0) is 31.7. The highest BCUT2D eigenvalue weighted by Gasteiger charge is 2.65. The fourth-order valence-electron chi connectivity index (χ4n) is 3.55. The Morgan fingerprint density at radius 3 is 2.24 bits per heavy atom. The Morgan fingerprint density at radius 1 is 1.21 bits per heavy atom. The van der Waals surface area contributed by atoms with Crippen molar-refractivity contribution < 1.29 is 65.7 Å². The molecule has 2 aliphatic rings. The molecule has 42 heavy (non-hydrogen) atoms. The molecule has 1 unspecified atom stereocenters. The van der Waals surface area contributed by atoms with Crippen molar-refractivity contribution in [3.63, 3.8) is 0 Å². The molecule has 4 N–H and O–H groups in total. The van der Waals surface area contributed by atoms with Gasteiger partial charge in [-0.2, -0.15) is 0 Å². The number of ether oxygens (including phenoxy) is 5. The van der Waals surface area contributed by atoms with Crippen LogP contribution in [-0.4, -0.2) is 97.1 Å². The molecule has 0 saturated carbocycles. The number of hydrogen-bond acceptors (Lipinski definition) is 15. The van der Waals surface area contributed by atoms with E-state index in [1.807, 2.05) is 0 Å². The quantitative estimate of drug-likeness (QED) is 0.0624. The van der Waals surface area contributed by atoms with Crippen molar-refractivity contribution in [1.82, 2.24) is 10.2 Å². The number of rotatable bonds is 14. The lowest BCUT2D eigenvalue weighted by atomic mass is 9.89. The molecule has 5 atom stereocenters. The minimum atomic E-state index is -4.91. The summed E-state index contributed by atoms with van der Waals surface area (Å²) in [4.78, 5) is 39.1. The van der Waals surface area contributed by atoms with Crippen molar-refractivity contribution in [1.29, 1.82) is 0 Å². The van der Waals surface area contributed by atoms with Crippen LogP contribution in [0.4, 0.5) is 18.8 Å². The molecule has 0 spiro atoms. The summed E-state index contributed by atoms with van der Waals surface area (Å²) in [5, 5.41) is 16.6. The van der Waals surface area contributed by atoms with E-state index < -0.39 is 94.9 Å². The maximum atomic E-state index is 15.9. The van der Waals surface area contributed by atoms with E-state index in [-0.39, 0.29) is 0 Å². The molecule has 2 heterocycles. The van der Waals surface area contributed by atoms with E-state index >= 15 is 4.39 Å². The third-order valence-electron chi connectivity index (χ3n) is 5.40. The van der Waals surface area contributed by atoms with Gasteiger partial charge >= 0.3 is 26.2 Å². The summed E-state index contributed by atoms with van der Waals surface area (Å²) in [6, 6.07) is -0.875. The third-order valence-corrected chi connectivity index (χ3v) is 6.69. The molecule has 0 bridgehead atoms. The Bertz CT molecular complexity index is 1070. The number of carbonyl (C=O) groups is 3. The number of nitrogens with one attached hydrogen (secondary N) is 1. The lowest BCUT2D eigenvalue weighted by Crippen LogP contribution is -2.57. The number of urea groups is 1. The monoisotopic (exact) mass is 628 g/mol. The summed E-state index contributed by atoms with van der Waals surface area (Å²) in [5.41, 5.74) is 9.50. The van der Waals surface area contributed by atoms with Crippen LogP contribution in [0.15, 0.2) is 17.4 Å². The molecule has 238 valence electrons. The lowest BCUT2D eigenvalue weighted by Gasteiger charge is -2.34. The molecule has 0 aliphatic carbocycles. The van der Waals surface area contributed by atoms with E-state index in [1.165, 1.54) is 33.8 Å². The predicted octanol–water partition coefficient (Wildman–Crippen LogP) is 2.50. The number of amides is 2. The van der Waals surface area contributed by atoms with Crippen LogP contribution >= 0.6 is 7.82 Å². The summed E-state index contributed by atoms with van der Waals surface area (Å²) >= 11 is 0. The Morgan fingerprint density at radius 2 is 1.76 bits per heavy atom. The van der Waals surface area contributed by atoms with E-state index in [0.29, 0.717) is 0 Å². The number of nitrogens with two attached hydrogens (primary N) is 1. The van der Waals surface area contributed by atoms with E-state index in [1.54, 1.807) is 0 Å². The molecule has 1 fully saturated rings. The van der Waals surface area contributed by atoms with Gasteiger partial charge in [0, 0.05) is 11.1 Å². The van der Waals surface area contributed by atoms with Gasteiger partial charge in [0.1, 0.15) is 11.7 Å². The molecule has 0 aromatic carbocycles. The Labute approximate surface area is 239 Å². The summed E-state index contributed by atoms with van der Waals surface area (Å²) in [7, 11) is -4.91. The Kier molecular flexibility index (Phi) is 12.3. The van der Waals surface area contributed by atoms with Gasteiger partial charge in [0.25, 0.3) is 0 Å². The Hall–Kier alpha value is -3.22. The van der Waals surface area contributed by atoms with Crippen molar-refractivity contribution in [2.24, 2.45) is 10.8 Å². The number of azide groups is 1. The van der Waals surface area contributed by atoms with Crippen LogP contribution in [0.25, 0.3) is 10.4 Å². The lowest BCUT2D eigenvalue weighted by molar-refractivity contribution is -0.130. The molecule has 0 aromatic heterocycles. The zero-order valence-electron chi connectivity index (χ0n) is 23.4. The number of phosphoric ester groups is 1. The topological polar surface area (TPSA) is 252 Å². The van der Waals surface area contributed by atoms with E-state index in [9.17, 15) is 24.1 Å². The van der Waals surface area contributed by atoms with Gasteiger partial charge in [-0.05, 0) is 46.2 Å². The van der Waals surface area contributed by atoms with Gasteiger partial charge in [-0.1, -0.05) is 5.11 Å². The maximum absolute atomic E-state index is 15.9. The van der Waals surface area contributed by atoms with Crippen LogP contribution in [0.2, 0.25) is 0 Å². The normalized spacial score (nSPS) is 27.4. The average Bonchev–Trinajstić information content (AvgIpc) is 3.06. The molecule has 2 aliphatic heterocycles. The van der Waals surface area contributed by atoms with Gasteiger partial charge in [0.2, 0.25) is 13.6 Å². The number of halogens is 1. The minimum Gasteiger partial charge on any atom is -0.432 e. The second-order valence-electron chi connectivity index (χ2n) is 9.54. The van der Waals surface area contributed by atoms with Crippen LogP contribution in [0.3, 0.4) is 0 Å². The number of carbonyl (C=O) groups excluding carboxylic acids is 3. The fourth-order valence-corrected chi connectivity index (χ4v) is 4.51. The average molecular weight is 629 g/mol.